The molecule has 0 bridgehead atoms. The molecule has 1 aromatic carbocycles. The highest BCUT2D eigenvalue weighted by atomic mass is 32.2. The number of benzene rings is 1. The highest BCUT2D eigenvalue weighted by Gasteiger charge is 2.27. The molecule has 1 unspecified atom stereocenters. The molecule has 136 valence electrons. The molecule has 0 aliphatic carbocycles. The number of sulfonamides is 1. The van der Waals surface area contributed by atoms with Gasteiger partial charge in [-0.1, -0.05) is 19.9 Å². The minimum atomic E-state index is -3.63. The maximum Gasteiger partial charge on any atom is 0.244 e. The Morgan fingerprint density at radius 2 is 1.96 bits per heavy atom. The lowest BCUT2D eigenvalue weighted by atomic mass is 10.0. The van der Waals surface area contributed by atoms with Gasteiger partial charge in [-0.05, 0) is 30.5 Å². The first-order chi connectivity index (χ1) is 11.3. The number of hydrogen-bond donors (Lipinski definition) is 1. The first kappa shape index (κ1) is 19.2. The Labute approximate surface area is 145 Å². The maximum absolute atomic E-state index is 12.7. The van der Waals surface area contributed by atoms with Crippen LogP contribution in [0.4, 0.5) is 0 Å². The standard InChI is InChI=1S/C17H28N2O4S/c1-13(2)15(19-7-9-23-10-8-19)12-18-24(20,21)17-11-14(3)5-6-16(17)22-4/h5-6,11,13,15,18H,7-10,12H2,1-4H3. The van der Waals surface area contributed by atoms with Gasteiger partial charge in [-0.2, -0.15) is 0 Å². The molecule has 1 saturated heterocycles. The van der Waals surface area contributed by atoms with Crippen LogP contribution in [0.1, 0.15) is 19.4 Å². The zero-order valence-corrected chi connectivity index (χ0v) is 15.7. The van der Waals surface area contributed by atoms with E-state index in [-0.39, 0.29) is 10.9 Å². The predicted molar refractivity (Wildman–Crippen MR) is 93.9 cm³/mol. The SMILES string of the molecule is COc1ccc(C)cc1S(=O)(=O)NCC(C(C)C)N1CCOCC1. The third-order valence-corrected chi connectivity index (χ3v) is 5.82. The maximum atomic E-state index is 12.7. The number of rotatable bonds is 7. The second-order valence-electron chi connectivity index (χ2n) is 6.47. The van der Waals surface area contributed by atoms with Crippen molar-refractivity contribution in [3.8, 4) is 5.75 Å². The molecule has 0 radical (unpaired) electrons. The van der Waals surface area contributed by atoms with Crippen molar-refractivity contribution in [2.24, 2.45) is 5.92 Å². The zero-order valence-electron chi connectivity index (χ0n) is 14.9. The van der Waals surface area contributed by atoms with Crippen LogP contribution in [0.15, 0.2) is 23.1 Å². The molecule has 0 spiro atoms. The number of hydrogen-bond acceptors (Lipinski definition) is 5. The fraction of sp³-hybridized carbons (Fsp3) is 0.647. The van der Waals surface area contributed by atoms with Crippen LogP contribution in [0.25, 0.3) is 0 Å². The number of morpholine rings is 1. The quantitative estimate of drug-likeness (QED) is 0.804. The Hall–Kier alpha value is -1.15. The summed E-state index contributed by atoms with van der Waals surface area (Å²) in [7, 11) is -2.15. The van der Waals surface area contributed by atoms with Crippen molar-refractivity contribution in [1.29, 1.82) is 0 Å². The Morgan fingerprint density at radius 3 is 2.54 bits per heavy atom. The third kappa shape index (κ3) is 4.69. The fourth-order valence-electron chi connectivity index (χ4n) is 2.96. The Bertz CT molecular complexity index is 640. The van der Waals surface area contributed by atoms with Gasteiger partial charge in [0, 0.05) is 25.7 Å². The van der Waals surface area contributed by atoms with E-state index in [9.17, 15) is 8.42 Å². The van der Waals surface area contributed by atoms with E-state index in [2.05, 4.69) is 23.5 Å². The summed E-state index contributed by atoms with van der Waals surface area (Å²) in [5, 5.41) is 0. The van der Waals surface area contributed by atoms with Gasteiger partial charge in [0.1, 0.15) is 10.6 Å². The lowest BCUT2D eigenvalue weighted by molar-refractivity contribution is 0.00776. The minimum absolute atomic E-state index is 0.138. The Morgan fingerprint density at radius 1 is 1.29 bits per heavy atom. The fourth-order valence-corrected chi connectivity index (χ4v) is 4.27. The topological polar surface area (TPSA) is 67.9 Å². The summed E-state index contributed by atoms with van der Waals surface area (Å²) in [6.07, 6.45) is 0. The van der Waals surface area contributed by atoms with E-state index in [1.165, 1.54) is 7.11 Å². The van der Waals surface area contributed by atoms with Crippen LogP contribution < -0.4 is 9.46 Å². The molecule has 1 heterocycles. The summed E-state index contributed by atoms with van der Waals surface area (Å²) in [4.78, 5) is 2.49. The summed E-state index contributed by atoms with van der Waals surface area (Å²) >= 11 is 0. The molecule has 0 aromatic heterocycles. The van der Waals surface area contributed by atoms with Gasteiger partial charge in [-0.3, -0.25) is 4.90 Å². The Balaban J connectivity index is 2.14. The Kier molecular flexibility index (Phi) is 6.62. The molecular weight excluding hydrogens is 328 g/mol. The van der Waals surface area contributed by atoms with Crippen LogP contribution >= 0.6 is 0 Å². The van der Waals surface area contributed by atoms with Gasteiger partial charge >= 0.3 is 0 Å². The molecular formula is C17H28N2O4S. The summed E-state index contributed by atoms with van der Waals surface area (Å²) in [6, 6.07) is 5.30. The van der Waals surface area contributed by atoms with Crippen molar-refractivity contribution in [2.75, 3.05) is 40.0 Å². The van der Waals surface area contributed by atoms with Gasteiger partial charge < -0.3 is 9.47 Å². The highest BCUT2D eigenvalue weighted by Crippen LogP contribution is 2.24. The number of ether oxygens (including phenoxy) is 2. The average Bonchev–Trinajstić information content (AvgIpc) is 2.55. The second-order valence-corrected chi connectivity index (χ2v) is 8.20. The molecule has 0 amide bonds. The van der Waals surface area contributed by atoms with Crippen molar-refractivity contribution in [3.63, 3.8) is 0 Å². The smallest absolute Gasteiger partial charge is 0.244 e. The second kappa shape index (κ2) is 8.29. The van der Waals surface area contributed by atoms with Gasteiger partial charge in [0.15, 0.2) is 0 Å². The van der Waals surface area contributed by atoms with Crippen LogP contribution in [-0.4, -0.2) is 59.3 Å². The first-order valence-corrected chi connectivity index (χ1v) is 9.79. The summed E-state index contributed by atoms with van der Waals surface area (Å²) in [5.41, 5.74) is 0.879. The van der Waals surface area contributed by atoms with Crippen molar-refractivity contribution in [1.82, 2.24) is 9.62 Å². The molecule has 6 nitrogen and oxygen atoms in total. The summed E-state index contributed by atoms with van der Waals surface area (Å²) in [6.45, 7) is 9.52. The van der Waals surface area contributed by atoms with Gasteiger partial charge in [-0.25, -0.2) is 13.1 Å². The van der Waals surface area contributed by atoms with E-state index in [4.69, 9.17) is 9.47 Å². The van der Waals surface area contributed by atoms with E-state index in [1.807, 2.05) is 13.0 Å². The van der Waals surface area contributed by atoms with Crippen molar-refractivity contribution < 1.29 is 17.9 Å². The van der Waals surface area contributed by atoms with Crippen LogP contribution in [-0.2, 0) is 14.8 Å². The number of nitrogens with zero attached hydrogens (tertiary/aromatic N) is 1. The monoisotopic (exact) mass is 356 g/mol. The normalized spacial score (nSPS) is 17.9. The van der Waals surface area contributed by atoms with Crippen LogP contribution in [0.5, 0.6) is 5.75 Å². The molecule has 0 saturated carbocycles. The zero-order chi connectivity index (χ0) is 17.7. The van der Waals surface area contributed by atoms with Crippen LogP contribution in [0, 0.1) is 12.8 Å². The first-order valence-electron chi connectivity index (χ1n) is 8.31. The molecule has 1 fully saturated rings. The minimum Gasteiger partial charge on any atom is -0.495 e. The molecule has 1 N–H and O–H groups in total. The van der Waals surface area contributed by atoms with Crippen LogP contribution in [0.2, 0.25) is 0 Å². The van der Waals surface area contributed by atoms with Crippen molar-refractivity contribution in [3.05, 3.63) is 23.8 Å². The van der Waals surface area contributed by atoms with E-state index in [0.29, 0.717) is 31.4 Å². The lowest BCUT2D eigenvalue weighted by Crippen LogP contribution is -2.51. The van der Waals surface area contributed by atoms with Crippen molar-refractivity contribution >= 4 is 10.0 Å². The number of nitrogens with one attached hydrogen (secondary N) is 1. The molecule has 1 atom stereocenters. The average molecular weight is 356 g/mol. The van der Waals surface area contributed by atoms with E-state index in [0.717, 1.165) is 18.7 Å². The number of aryl methyl sites for hydroxylation is 1. The van der Waals surface area contributed by atoms with Crippen molar-refractivity contribution in [2.45, 2.75) is 31.7 Å². The van der Waals surface area contributed by atoms with E-state index in [1.54, 1.807) is 12.1 Å². The predicted octanol–water partition coefficient (Wildman–Crippen LogP) is 1.64. The molecule has 24 heavy (non-hydrogen) atoms. The summed E-state index contributed by atoms with van der Waals surface area (Å²) < 4.78 is 38.8. The lowest BCUT2D eigenvalue weighted by Gasteiger charge is -2.36. The van der Waals surface area contributed by atoms with Gasteiger partial charge in [-0.15, -0.1) is 0 Å². The highest BCUT2D eigenvalue weighted by molar-refractivity contribution is 7.89. The molecule has 2 rings (SSSR count). The molecule has 1 aliphatic heterocycles. The van der Waals surface area contributed by atoms with E-state index >= 15 is 0 Å². The van der Waals surface area contributed by atoms with Gasteiger partial charge in [0.2, 0.25) is 10.0 Å². The molecule has 7 heteroatoms. The van der Waals surface area contributed by atoms with E-state index < -0.39 is 10.0 Å². The van der Waals surface area contributed by atoms with Gasteiger partial charge in [0.05, 0.1) is 20.3 Å². The third-order valence-electron chi connectivity index (χ3n) is 4.38. The molecule has 1 aliphatic rings. The number of methoxy groups -OCH3 is 1. The molecule has 1 aromatic rings. The van der Waals surface area contributed by atoms with Crippen LogP contribution in [0.3, 0.4) is 0 Å². The summed E-state index contributed by atoms with van der Waals surface area (Å²) in [5.74, 6) is 0.700. The van der Waals surface area contributed by atoms with Gasteiger partial charge in [0.25, 0.3) is 0 Å². The largest absolute Gasteiger partial charge is 0.495 e.